The first-order valence-corrected chi connectivity index (χ1v) is 6.93. The topological polar surface area (TPSA) is 15.3 Å². The number of halogens is 1. The Balaban J connectivity index is 2.23. The predicted molar refractivity (Wildman–Crippen MR) is 74.4 cm³/mol. The summed E-state index contributed by atoms with van der Waals surface area (Å²) in [6, 6.07) is 5.42. The zero-order valence-electron chi connectivity index (χ0n) is 11.4. The Morgan fingerprint density at radius 1 is 1.39 bits per heavy atom. The third kappa shape index (κ3) is 3.22. The number of nitrogens with zero attached hydrogens (tertiary/aromatic N) is 1. The lowest BCUT2D eigenvalue weighted by Gasteiger charge is -2.27. The fourth-order valence-electron chi connectivity index (χ4n) is 2.39. The summed E-state index contributed by atoms with van der Waals surface area (Å²) < 4.78 is 13.9. The smallest absolute Gasteiger partial charge is 0.129 e. The molecule has 2 rings (SSSR count). The van der Waals surface area contributed by atoms with Gasteiger partial charge in [-0.15, -0.1) is 0 Å². The van der Waals surface area contributed by atoms with Gasteiger partial charge in [0.1, 0.15) is 5.82 Å². The van der Waals surface area contributed by atoms with E-state index in [2.05, 4.69) is 17.1 Å². The monoisotopic (exact) mass is 250 g/mol. The standard InChI is InChI=1S/C15H23FN2/c1-3-9-18(11-12-7-8-12)15-6-4-5-14(16)13(15)10-17-2/h4-6,12,17H,3,7-11H2,1-2H3. The van der Waals surface area contributed by atoms with Crippen LogP contribution in [0.5, 0.6) is 0 Å². The molecule has 0 spiro atoms. The van der Waals surface area contributed by atoms with Crippen LogP contribution in [0.25, 0.3) is 0 Å². The molecule has 1 saturated carbocycles. The molecule has 2 nitrogen and oxygen atoms in total. The van der Waals surface area contributed by atoms with E-state index in [1.807, 2.05) is 19.2 Å². The van der Waals surface area contributed by atoms with Crippen molar-refractivity contribution in [3.8, 4) is 0 Å². The molecule has 0 bridgehead atoms. The van der Waals surface area contributed by atoms with Gasteiger partial charge in [-0.05, 0) is 44.4 Å². The van der Waals surface area contributed by atoms with E-state index < -0.39 is 0 Å². The maximum atomic E-state index is 13.9. The van der Waals surface area contributed by atoms with Gasteiger partial charge in [0, 0.05) is 30.9 Å². The lowest BCUT2D eigenvalue weighted by Crippen LogP contribution is -2.28. The van der Waals surface area contributed by atoms with E-state index in [-0.39, 0.29) is 5.82 Å². The Bertz CT molecular complexity index is 388. The number of anilines is 1. The van der Waals surface area contributed by atoms with Crippen molar-refractivity contribution in [1.82, 2.24) is 5.32 Å². The van der Waals surface area contributed by atoms with Crippen molar-refractivity contribution in [3.05, 3.63) is 29.6 Å². The van der Waals surface area contributed by atoms with E-state index in [9.17, 15) is 4.39 Å². The van der Waals surface area contributed by atoms with Crippen LogP contribution in [-0.4, -0.2) is 20.1 Å². The number of benzene rings is 1. The van der Waals surface area contributed by atoms with Crippen LogP contribution < -0.4 is 10.2 Å². The Hall–Kier alpha value is -1.09. The lowest BCUT2D eigenvalue weighted by atomic mass is 10.1. The van der Waals surface area contributed by atoms with Gasteiger partial charge in [-0.2, -0.15) is 0 Å². The fourth-order valence-corrected chi connectivity index (χ4v) is 2.39. The molecule has 0 heterocycles. The third-order valence-corrected chi connectivity index (χ3v) is 3.46. The molecule has 1 aliphatic rings. The van der Waals surface area contributed by atoms with Crippen molar-refractivity contribution in [2.45, 2.75) is 32.7 Å². The van der Waals surface area contributed by atoms with E-state index in [0.29, 0.717) is 6.54 Å². The molecule has 1 aliphatic carbocycles. The molecule has 3 heteroatoms. The van der Waals surface area contributed by atoms with Crippen LogP contribution in [0.3, 0.4) is 0 Å². The van der Waals surface area contributed by atoms with Gasteiger partial charge in [0.25, 0.3) is 0 Å². The highest BCUT2D eigenvalue weighted by molar-refractivity contribution is 5.54. The number of hydrogen-bond donors (Lipinski definition) is 1. The van der Waals surface area contributed by atoms with Crippen LogP contribution in [0.4, 0.5) is 10.1 Å². The molecular formula is C15H23FN2. The quantitative estimate of drug-likeness (QED) is 0.799. The second-order valence-electron chi connectivity index (χ2n) is 5.16. The first-order valence-electron chi connectivity index (χ1n) is 6.93. The summed E-state index contributed by atoms with van der Waals surface area (Å²) in [5.74, 6) is 0.723. The van der Waals surface area contributed by atoms with Crippen molar-refractivity contribution in [2.75, 3.05) is 25.0 Å². The van der Waals surface area contributed by atoms with Gasteiger partial charge >= 0.3 is 0 Å². The molecule has 0 unspecified atom stereocenters. The first kappa shape index (κ1) is 13.3. The van der Waals surface area contributed by atoms with Gasteiger partial charge < -0.3 is 10.2 Å². The zero-order chi connectivity index (χ0) is 13.0. The summed E-state index contributed by atoms with van der Waals surface area (Å²) in [4.78, 5) is 2.35. The van der Waals surface area contributed by atoms with Crippen LogP contribution in [0.2, 0.25) is 0 Å². The highest BCUT2D eigenvalue weighted by atomic mass is 19.1. The van der Waals surface area contributed by atoms with Gasteiger partial charge in [0.15, 0.2) is 0 Å². The van der Waals surface area contributed by atoms with Crippen molar-refractivity contribution in [2.24, 2.45) is 5.92 Å². The summed E-state index contributed by atoms with van der Waals surface area (Å²) in [6.45, 7) is 4.86. The van der Waals surface area contributed by atoms with Crippen LogP contribution in [0.1, 0.15) is 31.7 Å². The van der Waals surface area contributed by atoms with Gasteiger partial charge in [-0.3, -0.25) is 0 Å². The van der Waals surface area contributed by atoms with Crippen LogP contribution in [0, 0.1) is 11.7 Å². The van der Waals surface area contributed by atoms with Gasteiger partial charge in [-0.1, -0.05) is 13.0 Å². The third-order valence-electron chi connectivity index (χ3n) is 3.46. The molecule has 0 saturated heterocycles. The average Bonchev–Trinajstić information content (AvgIpc) is 3.15. The Kier molecular flexibility index (Phi) is 4.59. The molecule has 1 aromatic rings. The Labute approximate surface area is 109 Å². The molecule has 18 heavy (non-hydrogen) atoms. The van der Waals surface area contributed by atoms with E-state index >= 15 is 0 Å². The van der Waals surface area contributed by atoms with Crippen molar-refractivity contribution < 1.29 is 4.39 Å². The van der Waals surface area contributed by atoms with Crippen molar-refractivity contribution >= 4 is 5.69 Å². The van der Waals surface area contributed by atoms with E-state index in [4.69, 9.17) is 0 Å². The molecule has 0 amide bonds. The molecule has 1 fully saturated rings. The maximum Gasteiger partial charge on any atom is 0.129 e. The minimum atomic E-state index is -0.0984. The molecule has 0 atom stereocenters. The summed E-state index contributed by atoms with van der Waals surface area (Å²) in [7, 11) is 1.86. The van der Waals surface area contributed by atoms with Gasteiger partial charge in [-0.25, -0.2) is 4.39 Å². The van der Waals surface area contributed by atoms with Crippen molar-refractivity contribution in [1.29, 1.82) is 0 Å². The summed E-state index contributed by atoms with van der Waals surface area (Å²) >= 11 is 0. The van der Waals surface area contributed by atoms with E-state index in [0.717, 1.165) is 36.7 Å². The zero-order valence-corrected chi connectivity index (χ0v) is 11.4. The average molecular weight is 250 g/mol. The van der Waals surface area contributed by atoms with Crippen LogP contribution in [-0.2, 0) is 6.54 Å². The predicted octanol–water partition coefficient (Wildman–Crippen LogP) is 3.17. The van der Waals surface area contributed by atoms with Gasteiger partial charge in [0.05, 0.1) is 0 Å². The second kappa shape index (κ2) is 6.19. The lowest BCUT2D eigenvalue weighted by molar-refractivity contribution is 0.596. The second-order valence-corrected chi connectivity index (χ2v) is 5.16. The minimum absolute atomic E-state index is 0.0984. The molecule has 0 aromatic heterocycles. The van der Waals surface area contributed by atoms with Crippen LogP contribution >= 0.6 is 0 Å². The van der Waals surface area contributed by atoms with Gasteiger partial charge in [0.2, 0.25) is 0 Å². The minimum Gasteiger partial charge on any atom is -0.371 e. The molecule has 100 valence electrons. The summed E-state index contributed by atoms with van der Waals surface area (Å²) in [5, 5.41) is 3.06. The summed E-state index contributed by atoms with van der Waals surface area (Å²) in [5.41, 5.74) is 1.87. The summed E-state index contributed by atoms with van der Waals surface area (Å²) in [6.07, 6.45) is 3.76. The van der Waals surface area contributed by atoms with Crippen LogP contribution in [0.15, 0.2) is 18.2 Å². The number of rotatable bonds is 7. The number of hydrogen-bond acceptors (Lipinski definition) is 2. The van der Waals surface area contributed by atoms with E-state index in [1.165, 1.54) is 12.8 Å². The molecule has 1 aromatic carbocycles. The largest absolute Gasteiger partial charge is 0.371 e. The normalized spacial score (nSPS) is 14.8. The molecular weight excluding hydrogens is 227 g/mol. The SMILES string of the molecule is CCCN(CC1CC1)c1cccc(F)c1CNC. The highest BCUT2D eigenvalue weighted by Crippen LogP contribution is 2.33. The maximum absolute atomic E-state index is 13.9. The first-order chi connectivity index (χ1) is 8.76. The van der Waals surface area contributed by atoms with E-state index in [1.54, 1.807) is 6.07 Å². The van der Waals surface area contributed by atoms with Crippen molar-refractivity contribution in [3.63, 3.8) is 0 Å². The molecule has 1 N–H and O–H groups in total. The Morgan fingerprint density at radius 2 is 2.17 bits per heavy atom. The fraction of sp³-hybridized carbons (Fsp3) is 0.600. The Morgan fingerprint density at radius 3 is 2.78 bits per heavy atom. The number of nitrogens with one attached hydrogen (secondary N) is 1. The molecule has 0 radical (unpaired) electrons. The molecule has 0 aliphatic heterocycles. The highest BCUT2D eigenvalue weighted by Gasteiger charge is 2.25.